The molecule has 2 N–H and O–H groups in total. The Kier molecular flexibility index (Phi) is 4.21. The number of hydrogen-bond acceptors (Lipinski definition) is 2. The van der Waals surface area contributed by atoms with Gasteiger partial charge in [0.15, 0.2) is 0 Å². The van der Waals surface area contributed by atoms with E-state index in [1.54, 1.807) is 6.08 Å². The number of hydrogen-bond donors (Lipinski definition) is 1. The number of rotatable bonds is 3. The lowest BCUT2D eigenvalue weighted by atomic mass is 10.0. The van der Waals surface area contributed by atoms with Gasteiger partial charge in [-0.2, -0.15) is 5.26 Å². The second-order valence-electron chi connectivity index (χ2n) is 3.86. The Balaban J connectivity index is 3.00. The number of thiocarbonyl (C=S) groups is 1. The zero-order valence-electron chi connectivity index (χ0n) is 9.40. The predicted molar refractivity (Wildman–Crippen MR) is 70.9 cm³/mol. The summed E-state index contributed by atoms with van der Waals surface area (Å²) in [6.45, 7) is 4.28. The van der Waals surface area contributed by atoms with Crippen molar-refractivity contribution in [2.24, 2.45) is 5.73 Å². The molecule has 1 rings (SSSR count). The molecule has 0 fully saturated rings. The Morgan fingerprint density at radius 1 is 1.38 bits per heavy atom. The van der Waals surface area contributed by atoms with Gasteiger partial charge in [-0.1, -0.05) is 50.3 Å². The summed E-state index contributed by atoms with van der Waals surface area (Å²) in [5, 5.41) is 8.81. The van der Waals surface area contributed by atoms with Crippen LogP contribution in [0.15, 0.2) is 29.8 Å². The van der Waals surface area contributed by atoms with Gasteiger partial charge in [0.25, 0.3) is 0 Å². The molecule has 2 nitrogen and oxygen atoms in total. The SMILES string of the molecule is CC(C)c1ccc(C=C(C#N)C(N)=S)cc1. The van der Waals surface area contributed by atoms with Crippen molar-refractivity contribution < 1.29 is 0 Å². The molecule has 0 heterocycles. The number of benzene rings is 1. The fourth-order valence-corrected chi connectivity index (χ4v) is 1.41. The minimum atomic E-state index is 0.135. The third-order valence-corrected chi connectivity index (χ3v) is 2.52. The van der Waals surface area contributed by atoms with Crippen molar-refractivity contribution >= 4 is 23.3 Å². The molecule has 0 saturated heterocycles. The zero-order chi connectivity index (χ0) is 12.1. The van der Waals surface area contributed by atoms with Gasteiger partial charge in [-0.15, -0.1) is 0 Å². The molecule has 0 bridgehead atoms. The topological polar surface area (TPSA) is 49.8 Å². The first-order valence-corrected chi connectivity index (χ1v) is 5.47. The lowest BCUT2D eigenvalue weighted by molar-refractivity contribution is 0.866. The highest BCUT2D eigenvalue weighted by molar-refractivity contribution is 7.80. The summed E-state index contributed by atoms with van der Waals surface area (Å²) in [6.07, 6.45) is 1.70. The first kappa shape index (κ1) is 12.4. The van der Waals surface area contributed by atoms with Crippen LogP contribution in [0.1, 0.15) is 30.9 Å². The molecule has 0 spiro atoms. The second kappa shape index (κ2) is 5.43. The maximum absolute atomic E-state index is 8.81. The molecule has 0 aromatic heterocycles. The van der Waals surface area contributed by atoms with Crippen LogP contribution >= 0.6 is 12.2 Å². The van der Waals surface area contributed by atoms with Crippen molar-refractivity contribution in [2.75, 3.05) is 0 Å². The van der Waals surface area contributed by atoms with Crippen molar-refractivity contribution in [1.29, 1.82) is 5.26 Å². The van der Waals surface area contributed by atoms with E-state index in [-0.39, 0.29) is 4.99 Å². The maximum Gasteiger partial charge on any atom is 0.114 e. The van der Waals surface area contributed by atoms with Gasteiger partial charge in [-0.05, 0) is 23.1 Å². The van der Waals surface area contributed by atoms with E-state index in [2.05, 4.69) is 13.8 Å². The monoisotopic (exact) mass is 230 g/mol. The third-order valence-electron chi connectivity index (χ3n) is 2.30. The highest BCUT2D eigenvalue weighted by Crippen LogP contribution is 2.16. The van der Waals surface area contributed by atoms with E-state index in [1.165, 1.54) is 5.56 Å². The molecule has 3 heteroatoms. The quantitative estimate of drug-likeness (QED) is 0.493. The van der Waals surface area contributed by atoms with Gasteiger partial charge in [0.05, 0.1) is 5.57 Å². The summed E-state index contributed by atoms with van der Waals surface area (Å²) < 4.78 is 0. The summed E-state index contributed by atoms with van der Waals surface area (Å²) in [7, 11) is 0. The number of nitrogens with two attached hydrogens (primary N) is 1. The molecule has 1 aromatic rings. The van der Waals surface area contributed by atoms with E-state index in [1.807, 2.05) is 30.3 Å². The number of nitrogens with zero attached hydrogens (tertiary/aromatic N) is 1. The average Bonchev–Trinajstić information content (AvgIpc) is 2.26. The molecule has 0 unspecified atom stereocenters. The Labute approximate surface area is 101 Å². The molecular weight excluding hydrogens is 216 g/mol. The van der Waals surface area contributed by atoms with Crippen LogP contribution in [0.25, 0.3) is 6.08 Å². The molecule has 0 atom stereocenters. The van der Waals surface area contributed by atoms with Crippen LogP contribution in [0.2, 0.25) is 0 Å². The van der Waals surface area contributed by atoms with Crippen molar-refractivity contribution in [1.82, 2.24) is 0 Å². The minimum Gasteiger partial charge on any atom is -0.389 e. The summed E-state index contributed by atoms with van der Waals surface area (Å²) in [5.74, 6) is 0.504. The Morgan fingerprint density at radius 2 is 1.94 bits per heavy atom. The molecule has 1 aromatic carbocycles. The lowest BCUT2D eigenvalue weighted by Crippen LogP contribution is -2.09. The molecule has 0 saturated carbocycles. The van der Waals surface area contributed by atoms with Gasteiger partial charge < -0.3 is 5.73 Å². The van der Waals surface area contributed by atoms with Crippen LogP contribution in [-0.2, 0) is 0 Å². The standard InChI is InChI=1S/C13H14N2S/c1-9(2)11-5-3-10(4-6-11)7-12(8-14)13(15)16/h3-7,9H,1-2H3,(H2,15,16). The van der Waals surface area contributed by atoms with Crippen LogP contribution < -0.4 is 5.73 Å². The molecule has 16 heavy (non-hydrogen) atoms. The van der Waals surface area contributed by atoms with E-state index in [9.17, 15) is 0 Å². The fourth-order valence-electron chi connectivity index (χ4n) is 1.30. The number of nitriles is 1. The molecular formula is C13H14N2S. The highest BCUT2D eigenvalue weighted by Gasteiger charge is 2.01. The van der Waals surface area contributed by atoms with E-state index in [0.717, 1.165) is 5.56 Å². The predicted octanol–water partition coefficient (Wildman–Crippen LogP) is 3.00. The molecule has 0 amide bonds. The molecule has 0 aliphatic heterocycles. The van der Waals surface area contributed by atoms with Crippen LogP contribution in [0, 0.1) is 11.3 Å². The van der Waals surface area contributed by atoms with Crippen molar-refractivity contribution in [3.63, 3.8) is 0 Å². The van der Waals surface area contributed by atoms with E-state index in [4.69, 9.17) is 23.2 Å². The lowest BCUT2D eigenvalue weighted by Gasteiger charge is -2.04. The van der Waals surface area contributed by atoms with E-state index >= 15 is 0 Å². The van der Waals surface area contributed by atoms with Gasteiger partial charge >= 0.3 is 0 Å². The summed E-state index contributed by atoms with van der Waals surface area (Å²) in [4.78, 5) is 0.135. The molecule has 0 radical (unpaired) electrons. The fraction of sp³-hybridized carbons (Fsp3) is 0.231. The zero-order valence-corrected chi connectivity index (χ0v) is 10.2. The smallest absolute Gasteiger partial charge is 0.114 e. The third kappa shape index (κ3) is 3.18. The Bertz CT molecular complexity index is 450. The van der Waals surface area contributed by atoms with Crippen molar-refractivity contribution in [3.05, 3.63) is 41.0 Å². The van der Waals surface area contributed by atoms with E-state index < -0.39 is 0 Å². The van der Waals surface area contributed by atoms with Gasteiger partial charge in [-0.3, -0.25) is 0 Å². The molecule has 82 valence electrons. The van der Waals surface area contributed by atoms with Gasteiger partial charge in [0, 0.05) is 0 Å². The Morgan fingerprint density at radius 3 is 2.31 bits per heavy atom. The largest absolute Gasteiger partial charge is 0.389 e. The Hall–Kier alpha value is -1.66. The molecule has 0 aliphatic rings. The van der Waals surface area contributed by atoms with Crippen LogP contribution in [0.5, 0.6) is 0 Å². The summed E-state index contributed by atoms with van der Waals surface area (Å²) in [5.41, 5.74) is 7.96. The highest BCUT2D eigenvalue weighted by atomic mass is 32.1. The minimum absolute atomic E-state index is 0.135. The first-order chi connectivity index (χ1) is 7.54. The van der Waals surface area contributed by atoms with Crippen LogP contribution in [0.3, 0.4) is 0 Å². The summed E-state index contributed by atoms with van der Waals surface area (Å²) >= 11 is 4.77. The molecule has 0 aliphatic carbocycles. The first-order valence-electron chi connectivity index (χ1n) is 5.06. The van der Waals surface area contributed by atoms with Crippen molar-refractivity contribution in [2.45, 2.75) is 19.8 Å². The van der Waals surface area contributed by atoms with Crippen LogP contribution in [0.4, 0.5) is 0 Å². The average molecular weight is 230 g/mol. The van der Waals surface area contributed by atoms with Crippen molar-refractivity contribution in [3.8, 4) is 6.07 Å². The maximum atomic E-state index is 8.81. The van der Waals surface area contributed by atoms with Crippen LogP contribution in [-0.4, -0.2) is 4.99 Å². The van der Waals surface area contributed by atoms with E-state index in [0.29, 0.717) is 11.5 Å². The second-order valence-corrected chi connectivity index (χ2v) is 4.30. The van der Waals surface area contributed by atoms with Gasteiger partial charge in [0.2, 0.25) is 0 Å². The van der Waals surface area contributed by atoms with Gasteiger partial charge in [0.1, 0.15) is 11.1 Å². The van der Waals surface area contributed by atoms with Gasteiger partial charge in [-0.25, -0.2) is 0 Å². The summed E-state index contributed by atoms with van der Waals surface area (Å²) in [6, 6.07) is 10.0. The normalized spacial score (nSPS) is 11.2.